The second-order valence-corrected chi connectivity index (χ2v) is 2.87. The van der Waals surface area contributed by atoms with Gasteiger partial charge in [0.25, 0.3) is 0 Å². The van der Waals surface area contributed by atoms with Crippen LogP contribution in [-0.2, 0) is 9.53 Å². The third-order valence-corrected chi connectivity index (χ3v) is 1.88. The standard InChI is InChI=1S/C8H14O2.Ca.ClH.2H/c1-7(9)10-8-5-3-2-4-6-8;;;;/h8H,2-6H2,1H3;;1H;;. The SMILES string of the molecule is CC(=O)OC1CCCCC1.Cl.[CaH2]. The average Bonchev–Trinajstić information content (AvgIpc) is 1.88. The summed E-state index contributed by atoms with van der Waals surface area (Å²) in [5.74, 6) is -0.132. The maximum atomic E-state index is 10.5. The number of carbonyl (C=O) groups is 1. The molecule has 1 aliphatic carbocycles. The predicted molar refractivity (Wildman–Crippen MR) is 54.4 cm³/mol. The Labute approximate surface area is 110 Å². The van der Waals surface area contributed by atoms with Gasteiger partial charge in [0, 0.05) is 6.92 Å². The fourth-order valence-corrected chi connectivity index (χ4v) is 1.42. The first-order valence-electron chi connectivity index (χ1n) is 3.96. The second kappa shape index (κ2) is 8.61. The molecule has 0 radical (unpaired) electrons. The first-order chi connectivity index (χ1) is 4.79. The summed E-state index contributed by atoms with van der Waals surface area (Å²) < 4.78 is 5.05. The first kappa shape index (κ1) is 15.5. The Balaban J connectivity index is 0. The van der Waals surface area contributed by atoms with E-state index in [4.69, 9.17) is 4.74 Å². The van der Waals surface area contributed by atoms with E-state index in [-0.39, 0.29) is 62.2 Å². The minimum absolute atomic E-state index is 0. The normalized spacial score (nSPS) is 17.1. The quantitative estimate of drug-likeness (QED) is 0.493. The number of rotatable bonds is 1. The van der Waals surface area contributed by atoms with Gasteiger partial charge < -0.3 is 4.74 Å². The van der Waals surface area contributed by atoms with E-state index in [1.807, 2.05) is 0 Å². The van der Waals surface area contributed by atoms with E-state index in [2.05, 4.69) is 0 Å². The van der Waals surface area contributed by atoms with Crippen molar-refractivity contribution < 1.29 is 9.53 Å². The molecule has 1 rings (SSSR count). The Hall–Kier alpha value is 1.02. The molecule has 0 aromatic rings. The topological polar surface area (TPSA) is 26.3 Å². The molecule has 0 amide bonds. The van der Waals surface area contributed by atoms with Crippen LogP contribution in [0.1, 0.15) is 39.0 Å². The molecule has 0 spiro atoms. The van der Waals surface area contributed by atoms with Crippen LogP contribution in [0.4, 0.5) is 0 Å². The number of carbonyl (C=O) groups excluding carboxylic acids is 1. The van der Waals surface area contributed by atoms with Crippen molar-refractivity contribution in [2.75, 3.05) is 0 Å². The van der Waals surface area contributed by atoms with Crippen LogP contribution in [0, 0.1) is 0 Å². The Bertz CT molecular complexity index is 124. The van der Waals surface area contributed by atoms with E-state index in [0.29, 0.717) is 0 Å². The predicted octanol–water partition coefficient (Wildman–Crippen LogP) is 1.39. The number of esters is 1. The average molecular weight is 221 g/mol. The molecule has 0 aromatic heterocycles. The van der Waals surface area contributed by atoms with Gasteiger partial charge in [-0.1, -0.05) is 6.42 Å². The molecule has 1 fully saturated rings. The van der Waals surface area contributed by atoms with Gasteiger partial charge in [0.2, 0.25) is 0 Å². The summed E-state index contributed by atoms with van der Waals surface area (Å²) in [5.41, 5.74) is 0. The summed E-state index contributed by atoms with van der Waals surface area (Å²) in [7, 11) is 0. The van der Waals surface area contributed by atoms with Crippen LogP contribution >= 0.6 is 12.4 Å². The van der Waals surface area contributed by atoms with Gasteiger partial charge in [-0.15, -0.1) is 12.4 Å². The molecule has 0 unspecified atom stereocenters. The third-order valence-electron chi connectivity index (χ3n) is 1.88. The summed E-state index contributed by atoms with van der Waals surface area (Å²) in [5, 5.41) is 0. The molecule has 0 saturated heterocycles. The molecule has 0 atom stereocenters. The monoisotopic (exact) mass is 220 g/mol. The molecule has 70 valence electrons. The molecule has 0 aromatic carbocycles. The van der Waals surface area contributed by atoms with E-state index in [1.165, 1.54) is 26.2 Å². The van der Waals surface area contributed by atoms with Gasteiger partial charge in [-0.2, -0.15) is 0 Å². The van der Waals surface area contributed by atoms with Crippen molar-refractivity contribution in [3.63, 3.8) is 0 Å². The fraction of sp³-hybridized carbons (Fsp3) is 0.875. The zero-order valence-corrected chi connectivity index (χ0v) is 7.65. The molecule has 2 nitrogen and oxygen atoms in total. The first-order valence-corrected chi connectivity index (χ1v) is 3.96. The fourth-order valence-electron chi connectivity index (χ4n) is 1.42. The van der Waals surface area contributed by atoms with Gasteiger partial charge in [-0.3, -0.25) is 4.79 Å². The summed E-state index contributed by atoms with van der Waals surface area (Å²) in [6.45, 7) is 1.48. The molecule has 0 N–H and O–H groups in total. The van der Waals surface area contributed by atoms with Crippen LogP contribution in [0.2, 0.25) is 0 Å². The van der Waals surface area contributed by atoms with Gasteiger partial charge in [0.05, 0.1) is 0 Å². The number of hydrogen-bond acceptors (Lipinski definition) is 2. The number of halogens is 1. The van der Waals surface area contributed by atoms with Crippen LogP contribution in [0.15, 0.2) is 0 Å². The van der Waals surface area contributed by atoms with E-state index in [0.717, 1.165) is 12.8 Å². The van der Waals surface area contributed by atoms with Crippen molar-refractivity contribution in [3.8, 4) is 0 Å². The van der Waals surface area contributed by atoms with Crippen molar-refractivity contribution in [2.45, 2.75) is 45.1 Å². The minimum atomic E-state index is -0.132. The molecule has 0 heterocycles. The van der Waals surface area contributed by atoms with Crippen molar-refractivity contribution in [3.05, 3.63) is 0 Å². The molecular formula is C8H17CaClO2. The summed E-state index contributed by atoms with van der Waals surface area (Å²) in [4.78, 5) is 10.5. The van der Waals surface area contributed by atoms with Crippen molar-refractivity contribution >= 4 is 56.1 Å². The molecule has 4 heteroatoms. The van der Waals surface area contributed by atoms with Crippen LogP contribution in [0.25, 0.3) is 0 Å². The molecule has 1 aliphatic rings. The molecule has 12 heavy (non-hydrogen) atoms. The van der Waals surface area contributed by atoms with Crippen LogP contribution in [0.5, 0.6) is 0 Å². The third kappa shape index (κ3) is 6.53. The Kier molecular flexibility index (Phi) is 11.1. The van der Waals surface area contributed by atoms with Crippen LogP contribution < -0.4 is 0 Å². The molecule has 0 aliphatic heterocycles. The summed E-state index contributed by atoms with van der Waals surface area (Å²) >= 11 is 0. The van der Waals surface area contributed by atoms with Crippen molar-refractivity contribution in [1.29, 1.82) is 0 Å². The van der Waals surface area contributed by atoms with Gasteiger partial charge >= 0.3 is 43.7 Å². The molecule has 0 bridgehead atoms. The van der Waals surface area contributed by atoms with E-state index in [1.54, 1.807) is 0 Å². The molecule has 1 saturated carbocycles. The van der Waals surface area contributed by atoms with Crippen molar-refractivity contribution in [1.82, 2.24) is 0 Å². The zero-order chi connectivity index (χ0) is 7.40. The van der Waals surface area contributed by atoms with E-state index >= 15 is 0 Å². The van der Waals surface area contributed by atoms with Crippen LogP contribution in [0.3, 0.4) is 0 Å². The Morgan fingerprint density at radius 3 is 2.17 bits per heavy atom. The van der Waals surface area contributed by atoms with Gasteiger partial charge in [0.15, 0.2) is 0 Å². The van der Waals surface area contributed by atoms with Gasteiger partial charge in [-0.25, -0.2) is 0 Å². The summed E-state index contributed by atoms with van der Waals surface area (Å²) in [6, 6.07) is 0. The number of hydrogen-bond donors (Lipinski definition) is 0. The second-order valence-electron chi connectivity index (χ2n) is 2.87. The summed E-state index contributed by atoms with van der Waals surface area (Å²) in [6.07, 6.45) is 6.11. The van der Waals surface area contributed by atoms with Crippen LogP contribution in [-0.4, -0.2) is 49.8 Å². The van der Waals surface area contributed by atoms with Gasteiger partial charge in [0.1, 0.15) is 6.10 Å². The Morgan fingerprint density at radius 2 is 1.75 bits per heavy atom. The van der Waals surface area contributed by atoms with Crippen molar-refractivity contribution in [2.24, 2.45) is 0 Å². The number of ether oxygens (including phenoxy) is 1. The van der Waals surface area contributed by atoms with Gasteiger partial charge in [-0.05, 0) is 25.7 Å². The van der Waals surface area contributed by atoms with E-state index < -0.39 is 0 Å². The molecular weight excluding hydrogens is 204 g/mol. The maximum absolute atomic E-state index is 10.5. The Morgan fingerprint density at radius 1 is 1.25 bits per heavy atom. The zero-order valence-electron chi connectivity index (χ0n) is 6.84. The van der Waals surface area contributed by atoms with E-state index in [9.17, 15) is 4.79 Å².